The Morgan fingerprint density at radius 3 is 2.21 bits per heavy atom. The molecule has 3 aromatic rings. The zero-order valence-corrected chi connectivity index (χ0v) is 19.6. The second-order valence-corrected chi connectivity index (χ2v) is 8.65. The Bertz CT molecular complexity index is 1170. The molecule has 0 aromatic heterocycles. The van der Waals surface area contributed by atoms with E-state index in [0.717, 1.165) is 22.0 Å². The summed E-state index contributed by atoms with van der Waals surface area (Å²) in [7, 11) is 0. The van der Waals surface area contributed by atoms with Gasteiger partial charge in [0, 0.05) is 36.9 Å². The van der Waals surface area contributed by atoms with E-state index in [1.807, 2.05) is 66.7 Å². The lowest BCUT2D eigenvalue weighted by Crippen LogP contribution is -2.51. The number of nitrogens with zero attached hydrogens (tertiary/aromatic N) is 2. The highest BCUT2D eigenvalue weighted by molar-refractivity contribution is 6.30. The van der Waals surface area contributed by atoms with Crippen LogP contribution in [0, 0.1) is 0 Å². The number of fused-ring (bicyclic) bond motifs is 1. The lowest BCUT2D eigenvalue weighted by molar-refractivity contribution is -0.133. The van der Waals surface area contributed by atoms with Crippen molar-refractivity contribution < 1.29 is 14.4 Å². The summed E-state index contributed by atoms with van der Waals surface area (Å²) in [4.78, 5) is 40.9. The fourth-order valence-electron chi connectivity index (χ4n) is 4.08. The smallest absolute Gasteiger partial charge is 0.242 e. The third kappa shape index (κ3) is 6.05. The molecule has 34 heavy (non-hydrogen) atoms. The van der Waals surface area contributed by atoms with Gasteiger partial charge in [0.25, 0.3) is 0 Å². The number of rotatable bonds is 7. The van der Waals surface area contributed by atoms with Gasteiger partial charge in [-0.15, -0.1) is 0 Å². The summed E-state index contributed by atoms with van der Waals surface area (Å²) in [5.74, 6) is -0.762. The maximum absolute atomic E-state index is 12.5. The van der Waals surface area contributed by atoms with Gasteiger partial charge in [0.1, 0.15) is 0 Å². The fourth-order valence-corrected chi connectivity index (χ4v) is 4.20. The lowest BCUT2D eigenvalue weighted by Gasteiger charge is -2.36. The zero-order valence-electron chi connectivity index (χ0n) is 18.8. The van der Waals surface area contributed by atoms with Gasteiger partial charge in [0.15, 0.2) is 0 Å². The van der Waals surface area contributed by atoms with E-state index in [4.69, 9.17) is 11.6 Å². The van der Waals surface area contributed by atoms with Gasteiger partial charge in [-0.2, -0.15) is 0 Å². The first-order valence-electron chi connectivity index (χ1n) is 11.3. The second kappa shape index (κ2) is 11.0. The molecule has 8 heteroatoms. The van der Waals surface area contributed by atoms with Crippen LogP contribution in [0.25, 0.3) is 10.8 Å². The molecule has 0 radical (unpaired) electrons. The summed E-state index contributed by atoms with van der Waals surface area (Å²) in [6.45, 7) is 2.34. The van der Waals surface area contributed by atoms with Gasteiger partial charge in [-0.3, -0.25) is 14.4 Å². The summed E-state index contributed by atoms with van der Waals surface area (Å²) in [6, 6.07) is 21.3. The van der Waals surface area contributed by atoms with E-state index in [0.29, 0.717) is 31.2 Å². The molecule has 1 heterocycles. The average Bonchev–Trinajstić information content (AvgIpc) is 2.87. The Morgan fingerprint density at radius 1 is 0.765 bits per heavy atom. The molecule has 0 unspecified atom stereocenters. The Hall–Kier alpha value is -3.58. The molecule has 0 aliphatic carbocycles. The molecule has 1 aliphatic rings. The van der Waals surface area contributed by atoms with E-state index in [9.17, 15) is 14.4 Å². The van der Waals surface area contributed by atoms with Crippen molar-refractivity contribution in [2.75, 3.05) is 44.2 Å². The van der Waals surface area contributed by atoms with Crippen molar-refractivity contribution in [1.29, 1.82) is 0 Å². The van der Waals surface area contributed by atoms with Crippen molar-refractivity contribution in [3.63, 3.8) is 0 Å². The van der Waals surface area contributed by atoms with Crippen LogP contribution in [-0.4, -0.2) is 61.9 Å². The molecular weight excluding hydrogens is 452 g/mol. The molecule has 1 saturated heterocycles. The molecule has 3 amide bonds. The van der Waals surface area contributed by atoms with E-state index < -0.39 is 0 Å². The maximum Gasteiger partial charge on any atom is 0.242 e. The standard InChI is InChI=1S/C26H27ClN4O3/c27-21-8-10-22(11-9-21)30-12-14-31(15-13-30)26(34)18-29-25(33)17-28-24(32)16-20-6-3-5-19-4-1-2-7-23(19)20/h1-11H,12-18H2,(H,28,32)(H,29,33). The minimum Gasteiger partial charge on any atom is -0.368 e. The number of amides is 3. The minimum atomic E-state index is -0.389. The van der Waals surface area contributed by atoms with Crippen LogP contribution in [0.1, 0.15) is 5.56 Å². The van der Waals surface area contributed by atoms with Crippen LogP contribution in [0.2, 0.25) is 5.02 Å². The first-order valence-corrected chi connectivity index (χ1v) is 11.7. The predicted molar refractivity (Wildman–Crippen MR) is 134 cm³/mol. The highest BCUT2D eigenvalue weighted by Crippen LogP contribution is 2.20. The van der Waals surface area contributed by atoms with Crippen molar-refractivity contribution in [1.82, 2.24) is 15.5 Å². The Kier molecular flexibility index (Phi) is 7.65. The zero-order chi connectivity index (χ0) is 23.9. The highest BCUT2D eigenvalue weighted by Gasteiger charge is 2.21. The van der Waals surface area contributed by atoms with Crippen LogP contribution in [0.15, 0.2) is 66.7 Å². The highest BCUT2D eigenvalue weighted by atomic mass is 35.5. The van der Waals surface area contributed by atoms with Crippen molar-refractivity contribution in [2.24, 2.45) is 0 Å². The van der Waals surface area contributed by atoms with E-state index in [1.165, 1.54) is 0 Å². The van der Waals surface area contributed by atoms with E-state index in [2.05, 4.69) is 15.5 Å². The van der Waals surface area contributed by atoms with Crippen molar-refractivity contribution in [3.05, 3.63) is 77.3 Å². The van der Waals surface area contributed by atoms with Crippen molar-refractivity contribution in [2.45, 2.75) is 6.42 Å². The molecule has 2 N–H and O–H groups in total. The summed E-state index contributed by atoms with van der Waals surface area (Å²) < 4.78 is 0. The van der Waals surface area contributed by atoms with Gasteiger partial charge < -0.3 is 20.4 Å². The molecule has 3 aromatic carbocycles. The summed E-state index contributed by atoms with van der Waals surface area (Å²) in [6.07, 6.45) is 0.186. The average molecular weight is 479 g/mol. The number of carbonyl (C=O) groups is 3. The third-order valence-corrected chi connectivity index (χ3v) is 6.19. The number of hydrogen-bond donors (Lipinski definition) is 2. The molecule has 1 aliphatic heterocycles. The first-order chi connectivity index (χ1) is 16.5. The van der Waals surface area contributed by atoms with Crippen molar-refractivity contribution in [3.8, 4) is 0 Å². The van der Waals surface area contributed by atoms with Crippen LogP contribution in [-0.2, 0) is 20.8 Å². The third-order valence-electron chi connectivity index (χ3n) is 5.94. The predicted octanol–water partition coefficient (Wildman–Crippen LogP) is 2.62. The van der Waals surface area contributed by atoms with E-state index in [-0.39, 0.29) is 37.2 Å². The van der Waals surface area contributed by atoms with Gasteiger partial charge in [0.05, 0.1) is 19.5 Å². The molecule has 0 saturated carbocycles. The Morgan fingerprint density at radius 2 is 1.44 bits per heavy atom. The minimum absolute atomic E-state index is 0.0844. The molecular formula is C26H27ClN4O3. The number of halogens is 1. The topological polar surface area (TPSA) is 81.8 Å². The quantitative estimate of drug-likeness (QED) is 0.547. The van der Waals surface area contributed by atoms with Crippen LogP contribution in [0.3, 0.4) is 0 Å². The molecule has 4 rings (SSSR count). The molecule has 0 bridgehead atoms. The normalized spacial score (nSPS) is 13.6. The first kappa shape index (κ1) is 23.6. The van der Waals surface area contributed by atoms with Crippen LogP contribution < -0.4 is 15.5 Å². The molecule has 0 atom stereocenters. The number of hydrogen-bond acceptors (Lipinski definition) is 4. The van der Waals surface area contributed by atoms with Gasteiger partial charge in [-0.05, 0) is 40.6 Å². The second-order valence-electron chi connectivity index (χ2n) is 8.21. The largest absolute Gasteiger partial charge is 0.368 e. The van der Waals surface area contributed by atoms with Crippen molar-refractivity contribution >= 4 is 45.8 Å². The monoisotopic (exact) mass is 478 g/mol. The van der Waals surface area contributed by atoms with E-state index >= 15 is 0 Å². The summed E-state index contributed by atoms with van der Waals surface area (Å²) in [5, 5.41) is 8.02. The summed E-state index contributed by atoms with van der Waals surface area (Å²) in [5.41, 5.74) is 1.98. The lowest BCUT2D eigenvalue weighted by atomic mass is 10.0. The van der Waals surface area contributed by atoms with Gasteiger partial charge >= 0.3 is 0 Å². The van der Waals surface area contributed by atoms with Crippen LogP contribution in [0.5, 0.6) is 0 Å². The number of anilines is 1. The molecule has 0 spiro atoms. The Balaban J connectivity index is 1.17. The SMILES string of the molecule is O=C(CNC(=O)Cc1cccc2ccccc12)NCC(=O)N1CCN(c2ccc(Cl)cc2)CC1. The number of benzene rings is 3. The maximum atomic E-state index is 12.5. The van der Waals surface area contributed by atoms with Crippen LogP contribution in [0.4, 0.5) is 5.69 Å². The fraction of sp³-hybridized carbons (Fsp3) is 0.269. The van der Waals surface area contributed by atoms with Gasteiger partial charge in [-0.25, -0.2) is 0 Å². The number of carbonyl (C=O) groups excluding carboxylic acids is 3. The number of piperazine rings is 1. The van der Waals surface area contributed by atoms with Crippen LogP contribution >= 0.6 is 11.6 Å². The molecule has 1 fully saturated rings. The molecule has 176 valence electrons. The molecule has 7 nitrogen and oxygen atoms in total. The number of nitrogens with one attached hydrogen (secondary N) is 2. The Labute approximate surface area is 203 Å². The van der Waals surface area contributed by atoms with Gasteiger partial charge in [-0.1, -0.05) is 54.1 Å². The van der Waals surface area contributed by atoms with Gasteiger partial charge in [0.2, 0.25) is 17.7 Å². The summed E-state index contributed by atoms with van der Waals surface area (Å²) >= 11 is 5.94. The van der Waals surface area contributed by atoms with E-state index in [1.54, 1.807) is 4.90 Å².